The van der Waals surface area contributed by atoms with Crippen LogP contribution in [0.2, 0.25) is 0 Å². The molecular weight excluding hydrogens is 532 g/mol. The van der Waals surface area contributed by atoms with Crippen molar-refractivity contribution in [3.8, 4) is 17.3 Å². The minimum atomic E-state index is 0.129. The predicted molar refractivity (Wildman–Crippen MR) is 171 cm³/mol. The van der Waals surface area contributed by atoms with Gasteiger partial charge in [-0.3, -0.25) is 4.79 Å². The molecule has 43 heavy (non-hydrogen) atoms. The molecule has 6 nitrogen and oxygen atoms in total. The van der Waals surface area contributed by atoms with Crippen molar-refractivity contribution in [3.63, 3.8) is 0 Å². The SMILES string of the molecule is COc1cc(C(=O)N2C[C@H]3CC4CC2[C@H]43)cc2nc(-c3cc4ccc(/C=C/c5ccccc5)cc4n3CC3CC3)n(C)c12. The topological polar surface area (TPSA) is 52.3 Å². The van der Waals surface area contributed by atoms with Crippen LogP contribution in [0.25, 0.3) is 45.6 Å². The number of imidazole rings is 1. The minimum absolute atomic E-state index is 0.129. The molecule has 2 aromatic heterocycles. The molecule has 0 spiro atoms. The number of hydrogen-bond donors (Lipinski definition) is 0. The summed E-state index contributed by atoms with van der Waals surface area (Å²) in [5.74, 6) is 4.76. The highest BCUT2D eigenvalue weighted by atomic mass is 16.5. The van der Waals surface area contributed by atoms with Crippen LogP contribution < -0.4 is 4.74 Å². The van der Waals surface area contributed by atoms with E-state index in [1.54, 1.807) is 7.11 Å². The fourth-order valence-corrected chi connectivity index (χ4v) is 8.26. The van der Waals surface area contributed by atoms with Gasteiger partial charge < -0.3 is 18.8 Å². The molecular formula is C37H36N4O2. The first-order valence-electron chi connectivity index (χ1n) is 15.8. The maximum absolute atomic E-state index is 13.8. The molecule has 0 N–H and O–H groups in total. The Morgan fingerprint density at radius 3 is 2.58 bits per heavy atom. The number of carbonyl (C=O) groups excluding carboxylic acids is 1. The number of methoxy groups -OCH3 is 1. The zero-order valence-corrected chi connectivity index (χ0v) is 24.7. The van der Waals surface area contributed by atoms with Crippen molar-refractivity contribution in [1.82, 2.24) is 19.0 Å². The number of rotatable bonds is 7. The van der Waals surface area contributed by atoms with E-state index in [4.69, 9.17) is 9.72 Å². The summed E-state index contributed by atoms with van der Waals surface area (Å²) in [5, 5.41) is 1.21. The molecule has 3 aromatic carbocycles. The van der Waals surface area contributed by atoms with E-state index in [1.807, 2.05) is 18.2 Å². The first kappa shape index (κ1) is 25.2. The van der Waals surface area contributed by atoms with E-state index in [-0.39, 0.29) is 5.91 Å². The highest BCUT2D eigenvalue weighted by Gasteiger charge is 2.61. The van der Waals surface area contributed by atoms with E-state index in [1.165, 1.54) is 47.7 Å². The van der Waals surface area contributed by atoms with E-state index in [0.717, 1.165) is 47.5 Å². The molecule has 1 aliphatic heterocycles. The lowest BCUT2D eigenvalue weighted by atomic mass is 9.53. The lowest BCUT2D eigenvalue weighted by Crippen LogP contribution is -2.53. The van der Waals surface area contributed by atoms with Crippen molar-refractivity contribution in [3.05, 3.63) is 83.4 Å². The second-order valence-electron chi connectivity index (χ2n) is 13.3. The number of aromatic nitrogens is 3. The largest absolute Gasteiger partial charge is 0.494 e. The average Bonchev–Trinajstić information content (AvgIpc) is 3.69. The van der Waals surface area contributed by atoms with Crippen molar-refractivity contribution in [2.45, 2.75) is 38.3 Å². The summed E-state index contributed by atoms with van der Waals surface area (Å²) in [6.07, 6.45) is 9.38. The minimum Gasteiger partial charge on any atom is -0.494 e. The molecule has 3 heterocycles. The number of aryl methyl sites for hydroxylation is 1. The van der Waals surface area contributed by atoms with Crippen LogP contribution in [-0.2, 0) is 13.6 Å². The number of carbonyl (C=O) groups is 1. The van der Waals surface area contributed by atoms with Gasteiger partial charge in [0, 0.05) is 42.6 Å². The maximum Gasteiger partial charge on any atom is 0.254 e. The van der Waals surface area contributed by atoms with E-state index in [2.05, 4.69) is 81.8 Å². The molecule has 2 unspecified atom stereocenters. The molecule has 5 aromatic rings. The number of amides is 1. The van der Waals surface area contributed by atoms with E-state index < -0.39 is 0 Å². The quantitative estimate of drug-likeness (QED) is 0.194. The Balaban J connectivity index is 1.12. The van der Waals surface area contributed by atoms with Gasteiger partial charge in [0.1, 0.15) is 11.3 Å². The van der Waals surface area contributed by atoms with Crippen LogP contribution in [0.1, 0.15) is 47.2 Å². The summed E-state index contributed by atoms with van der Waals surface area (Å²) in [7, 11) is 3.76. The van der Waals surface area contributed by atoms with E-state index in [9.17, 15) is 4.79 Å². The van der Waals surface area contributed by atoms with Crippen LogP contribution in [0.15, 0.2) is 66.7 Å². The van der Waals surface area contributed by atoms with Crippen LogP contribution >= 0.6 is 0 Å². The molecule has 216 valence electrons. The van der Waals surface area contributed by atoms with Gasteiger partial charge >= 0.3 is 0 Å². The first-order valence-corrected chi connectivity index (χ1v) is 15.8. The third-order valence-electron chi connectivity index (χ3n) is 10.7. The number of fused-ring (bicyclic) bond motifs is 2. The summed E-state index contributed by atoms with van der Waals surface area (Å²) in [6.45, 7) is 1.89. The second kappa shape index (κ2) is 9.34. The lowest BCUT2D eigenvalue weighted by Gasteiger charge is -2.52. The Bertz CT molecular complexity index is 1950. The summed E-state index contributed by atoms with van der Waals surface area (Å²) < 4.78 is 10.5. The Hall–Kier alpha value is -4.32. The van der Waals surface area contributed by atoms with Crippen molar-refractivity contribution >= 4 is 40.0 Å². The third kappa shape index (κ3) is 3.92. The van der Waals surface area contributed by atoms with E-state index >= 15 is 0 Å². The van der Waals surface area contributed by atoms with Crippen LogP contribution in [0, 0.1) is 23.7 Å². The van der Waals surface area contributed by atoms with E-state index in [0.29, 0.717) is 29.2 Å². The first-order chi connectivity index (χ1) is 21.1. The van der Waals surface area contributed by atoms with Crippen LogP contribution in [0.5, 0.6) is 5.75 Å². The molecule has 4 atom stereocenters. The van der Waals surface area contributed by atoms with Gasteiger partial charge in [-0.1, -0.05) is 54.6 Å². The smallest absolute Gasteiger partial charge is 0.254 e. The van der Waals surface area contributed by atoms with Crippen LogP contribution in [0.4, 0.5) is 0 Å². The molecule has 6 heteroatoms. The van der Waals surface area contributed by atoms with Crippen molar-refractivity contribution in [2.24, 2.45) is 30.7 Å². The Kier molecular flexibility index (Phi) is 5.47. The molecule has 0 bridgehead atoms. The fraction of sp³-hybridized carbons (Fsp3) is 0.351. The van der Waals surface area contributed by atoms with Gasteiger partial charge in [-0.15, -0.1) is 0 Å². The van der Waals surface area contributed by atoms with Crippen molar-refractivity contribution < 1.29 is 9.53 Å². The number of benzene rings is 3. The number of ether oxygens (including phenoxy) is 1. The fourth-order valence-electron chi connectivity index (χ4n) is 8.26. The Morgan fingerprint density at radius 1 is 0.977 bits per heavy atom. The van der Waals surface area contributed by atoms with Crippen LogP contribution in [0.3, 0.4) is 0 Å². The number of hydrogen-bond acceptors (Lipinski definition) is 3. The summed E-state index contributed by atoms with van der Waals surface area (Å²) in [4.78, 5) is 21.1. The zero-order valence-electron chi connectivity index (χ0n) is 24.7. The molecule has 4 fully saturated rings. The average molecular weight is 569 g/mol. The van der Waals surface area contributed by atoms with Gasteiger partial charge in [0.2, 0.25) is 0 Å². The Labute approximate surface area is 251 Å². The highest BCUT2D eigenvalue weighted by molar-refractivity contribution is 6.00. The highest BCUT2D eigenvalue weighted by Crippen LogP contribution is 2.60. The van der Waals surface area contributed by atoms with Crippen molar-refractivity contribution in [1.29, 1.82) is 0 Å². The number of nitrogens with zero attached hydrogens (tertiary/aromatic N) is 4. The van der Waals surface area contributed by atoms with Gasteiger partial charge in [0.25, 0.3) is 5.91 Å². The standard InChI is InChI=1S/C37H36N4O2/c1-39-35-29(16-27(19-33(35)43-2)37(42)41-21-28-15-26-18-31(41)34(26)28)38-36(39)32-17-25-13-12-23(9-8-22-6-4-3-5-7-22)14-30(25)40(32)20-24-10-11-24/h3-9,12-14,16-17,19,24,26,28,31,34H,10-11,15,18,20-21H2,1-2H3/b9-8+/t26?,28-,31?,34-/m1/s1. The monoisotopic (exact) mass is 568 g/mol. The molecule has 4 aliphatic rings. The predicted octanol–water partition coefficient (Wildman–Crippen LogP) is 7.26. The molecule has 3 saturated carbocycles. The molecule has 1 amide bonds. The van der Waals surface area contributed by atoms with Gasteiger partial charge in [-0.05, 0) is 84.7 Å². The maximum atomic E-state index is 13.8. The second-order valence-corrected chi connectivity index (χ2v) is 13.3. The molecule has 0 radical (unpaired) electrons. The summed E-state index contributed by atoms with van der Waals surface area (Å²) in [5.41, 5.74) is 7.13. The summed E-state index contributed by atoms with van der Waals surface area (Å²) in [6, 6.07) is 23.8. The third-order valence-corrected chi connectivity index (χ3v) is 10.7. The molecule has 9 rings (SSSR count). The van der Waals surface area contributed by atoms with Gasteiger partial charge in [-0.2, -0.15) is 0 Å². The van der Waals surface area contributed by atoms with Gasteiger partial charge in [0.15, 0.2) is 5.82 Å². The van der Waals surface area contributed by atoms with Crippen molar-refractivity contribution in [2.75, 3.05) is 13.7 Å². The van der Waals surface area contributed by atoms with Gasteiger partial charge in [0.05, 0.1) is 18.3 Å². The molecule has 3 aliphatic carbocycles. The normalized spacial score (nSPS) is 24.0. The zero-order chi connectivity index (χ0) is 28.8. The Morgan fingerprint density at radius 2 is 1.81 bits per heavy atom. The molecule has 1 saturated heterocycles. The van der Waals surface area contributed by atoms with Crippen LogP contribution in [-0.4, -0.2) is 44.6 Å². The van der Waals surface area contributed by atoms with Gasteiger partial charge in [-0.25, -0.2) is 4.98 Å². The lowest BCUT2D eigenvalue weighted by molar-refractivity contribution is -0.0204. The number of likely N-dealkylation sites (tertiary alicyclic amines) is 1. The summed E-state index contributed by atoms with van der Waals surface area (Å²) >= 11 is 0.